The summed E-state index contributed by atoms with van der Waals surface area (Å²) >= 11 is 12.9. The zero-order valence-corrected chi connectivity index (χ0v) is 21.8. The lowest BCUT2D eigenvalue weighted by Gasteiger charge is -2.14. The van der Waals surface area contributed by atoms with Crippen LogP contribution >= 0.6 is 23.2 Å². The highest BCUT2D eigenvalue weighted by Crippen LogP contribution is 2.36. The number of nitrogens with zero attached hydrogens (tertiary/aromatic N) is 5. The molecular formula is C23H25Cl2N7O2S. The van der Waals surface area contributed by atoms with Crippen LogP contribution in [0.25, 0.3) is 11.1 Å². The minimum Gasteiger partial charge on any atom is -0.370 e. The fraction of sp³-hybridized carbons (Fsp3) is 0.261. The molecule has 184 valence electrons. The molecule has 2 N–H and O–H groups in total. The van der Waals surface area contributed by atoms with Gasteiger partial charge in [-0.25, -0.2) is 18.4 Å². The molecule has 0 saturated heterocycles. The molecule has 0 aliphatic carbocycles. The summed E-state index contributed by atoms with van der Waals surface area (Å²) in [4.78, 5) is 8.21. The summed E-state index contributed by atoms with van der Waals surface area (Å²) in [6.45, 7) is 5.08. The Labute approximate surface area is 214 Å². The number of hydrogen-bond donors (Lipinski definition) is 2. The third kappa shape index (κ3) is 5.61. The molecule has 0 amide bonds. The molecule has 1 aromatic carbocycles. The number of aryl methyl sites for hydroxylation is 3. The Hall–Kier alpha value is -3.08. The molecule has 12 heteroatoms. The lowest BCUT2D eigenvalue weighted by molar-refractivity contribution is 0.601. The number of sulfonamides is 1. The molecule has 0 aliphatic heterocycles. The van der Waals surface area contributed by atoms with E-state index in [1.54, 1.807) is 56.4 Å². The summed E-state index contributed by atoms with van der Waals surface area (Å²) in [6.07, 6.45) is 8.03. The number of benzene rings is 1. The van der Waals surface area contributed by atoms with E-state index in [4.69, 9.17) is 23.2 Å². The smallest absolute Gasteiger partial charge is 0.264 e. The van der Waals surface area contributed by atoms with Crippen LogP contribution in [0.3, 0.4) is 0 Å². The minimum atomic E-state index is -4.05. The number of imidazole rings is 1. The molecular weight excluding hydrogens is 509 g/mol. The van der Waals surface area contributed by atoms with Crippen molar-refractivity contribution in [3.63, 3.8) is 0 Å². The number of rotatable bonds is 9. The van der Waals surface area contributed by atoms with Crippen molar-refractivity contribution in [1.82, 2.24) is 24.3 Å². The number of pyridine rings is 1. The van der Waals surface area contributed by atoms with E-state index < -0.39 is 10.0 Å². The monoisotopic (exact) mass is 533 g/mol. The highest BCUT2D eigenvalue weighted by atomic mass is 35.5. The van der Waals surface area contributed by atoms with Gasteiger partial charge < -0.3 is 9.88 Å². The number of nitrogens with one attached hydrogen (secondary N) is 2. The van der Waals surface area contributed by atoms with Crippen molar-refractivity contribution in [2.45, 2.75) is 31.7 Å². The molecule has 9 nitrogen and oxygen atoms in total. The summed E-state index contributed by atoms with van der Waals surface area (Å²) in [5, 5.41) is 7.58. The zero-order valence-electron chi connectivity index (χ0n) is 19.5. The predicted octanol–water partition coefficient (Wildman–Crippen LogP) is 4.91. The van der Waals surface area contributed by atoms with Crippen LogP contribution in [-0.2, 0) is 23.6 Å². The van der Waals surface area contributed by atoms with Crippen LogP contribution < -0.4 is 10.0 Å². The number of hydrogen-bond acceptors (Lipinski definition) is 6. The molecule has 0 radical (unpaired) electrons. The summed E-state index contributed by atoms with van der Waals surface area (Å²) in [6, 6.07) is 6.85. The van der Waals surface area contributed by atoms with Crippen LogP contribution in [0.2, 0.25) is 10.0 Å². The van der Waals surface area contributed by atoms with Crippen LogP contribution in [0.1, 0.15) is 17.8 Å². The van der Waals surface area contributed by atoms with Crippen molar-refractivity contribution in [2.75, 3.05) is 16.6 Å². The van der Waals surface area contributed by atoms with Gasteiger partial charge >= 0.3 is 0 Å². The Morgan fingerprint density at radius 3 is 2.43 bits per heavy atom. The molecule has 0 saturated carbocycles. The maximum absolute atomic E-state index is 13.1. The van der Waals surface area contributed by atoms with E-state index in [0.29, 0.717) is 28.5 Å². The van der Waals surface area contributed by atoms with Gasteiger partial charge in [-0.3, -0.25) is 9.40 Å². The Morgan fingerprint density at radius 2 is 1.80 bits per heavy atom. The maximum atomic E-state index is 13.1. The third-order valence-corrected chi connectivity index (χ3v) is 7.83. The molecule has 0 aliphatic rings. The van der Waals surface area contributed by atoms with Gasteiger partial charge in [0, 0.05) is 38.7 Å². The Balaban J connectivity index is 1.52. The molecule has 0 spiro atoms. The van der Waals surface area contributed by atoms with Crippen LogP contribution in [-0.4, -0.2) is 39.3 Å². The first-order valence-electron chi connectivity index (χ1n) is 10.8. The van der Waals surface area contributed by atoms with E-state index in [-0.39, 0.29) is 14.9 Å². The van der Waals surface area contributed by atoms with Gasteiger partial charge in [-0.1, -0.05) is 23.2 Å². The summed E-state index contributed by atoms with van der Waals surface area (Å²) < 4.78 is 32.5. The molecule has 35 heavy (non-hydrogen) atoms. The molecule has 0 fully saturated rings. The van der Waals surface area contributed by atoms with Gasteiger partial charge in [0.15, 0.2) is 0 Å². The standard InChI is InChI=1S/C23H25Cl2N7O2S/c1-15-22(16(2)31(3)29-15)30-35(33,34)23-19(24)11-18(12-20(23)25)17-5-7-28-21(13-17)27-6-4-9-32-10-8-26-14-32/h5,7-8,10-14,30H,4,6,9H2,1-3H3,(H,27,28). The predicted molar refractivity (Wildman–Crippen MR) is 139 cm³/mol. The Kier molecular flexibility index (Phi) is 7.34. The van der Waals surface area contributed by atoms with Crippen molar-refractivity contribution in [3.8, 4) is 11.1 Å². The largest absolute Gasteiger partial charge is 0.370 e. The zero-order chi connectivity index (χ0) is 25.2. The van der Waals surface area contributed by atoms with Crippen molar-refractivity contribution in [2.24, 2.45) is 7.05 Å². The van der Waals surface area contributed by atoms with Crippen LogP contribution in [0.4, 0.5) is 11.5 Å². The molecule has 4 aromatic rings. The minimum absolute atomic E-state index is 0.0193. The van der Waals surface area contributed by atoms with E-state index in [0.717, 1.165) is 25.1 Å². The molecule has 3 aromatic heterocycles. The molecule has 0 bridgehead atoms. The van der Waals surface area contributed by atoms with Crippen molar-refractivity contribution >= 4 is 44.7 Å². The van der Waals surface area contributed by atoms with Crippen LogP contribution in [0.5, 0.6) is 0 Å². The summed E-state index contributed by atoms with van der Waals surface area (Å²) in [5.74, 6) is 0.696. The topological polar surface area (TPSA) is 107 Å². The average Bonchev–Trinajstić information content (AvgIpc) is 3.40. The van der Waals surface area contributed by atoms with Crippen molar-refractivity contribution in [3.05, 3.63) is 70.6 Å². The van der Waals surface area contributed by atoms with Gasteiger partial charge in [0.25, 0.3) is 10.0 Å². The summed E-state index contributed by atoms with van der Waals surface area (Å²) in [7, 11) is -2.30. The quantitative estimate of drug-likeness (QED) is 0.296. The highest BCUT2D eigenvalue weighted by Gasteiger charge is 2.25. The first-order valence-corrected chi connectivity index (χ1v) is 13.1. The van der Waals surface area contributed by atoms with Gasteiger partial charge in [0.05, 0.1) is 33.4 Å². The Bertz CT molecular complexity index is 1430. The number of aromatic nitrogens is 5. The second-order valence-electron chi connectivity index (χ2n) is 8.05. The maximum Gasteiger partial charge on any atom is 0.264 e. The second-order valence-corrected chi connectivity index (χ2v) is 10.5. The van der Waals surface area contributed by atoms with E-state index in [2.05, 4.69) is 25.1 Å². The number of anilines is 2. The first kappa shape index (κ1) is 25.0. The summed E-state index contributed by atoms with van der Waals surface area (Å²) in [5.41, 5.74) is 3.12. The third-order valence-electron chi connectivity index (χ3n) is 5.56. The van der Waals surface area contributed by atoms with Gasteiger partial charge in [-0.05, 0) is 55.7 Å². The van der Waals surface area contributed by atoms with E-state index >= 15 is 0 Å². The highest BCUT2D eigenvalue weighted by molar-refractivity contribution is 7.93. The molecule has 3 heterocycles. The van der Waals surface area contributed by atoms with E-state index in [1.807, 2.05) is 22.9 Å². The second kappa shape index (κ2) is 10.3. The van der Waals surface area contributed by atoms with Gasteiger partial charge in [-0.2, -0.15) is 5.10 Å². The first-order chi connectivity index (χ1) is 16.7. The van der Waals surface area contributed by atoms with E-state index in [9.17, 15) is 8.42 Å². The van der Waals surface area contributed by atoms with Gasteiger partial charge in [0.2, 0.25) is 0 Å². The van der Waals surface area contributed by atoms with Crippen LogP contribution in [0.15, 0.2) is 54.1 Å². The van der Waals surface area contributed by atoms with Crippen molar-refractivity contribution in [1.29, 1.82) is 0 Å². The van der Waals surface area contributed by atoms with Crippen LogP contribution in [0, 0.1) is 13.8 Å². The lowest BCUT2D eigenvalue weighted by atomic mass is 10.1. The van der Waals surface area contributed by atoms with Crippen molar-refractivity contribution < 1.29 is 8.42 Å². The number of halogens is 2. The molecule has 4 rings (SSSR count). The van der Waals surface area contributed by atoms with E-state index in [1.165, 1.54) is 0 Å². The van der Waals surface area contributed by atoms with Gasteiger partial charge in [0.1, 0.15) is 10.7 Å². The Morgan fingerprint density at radius 1 is 1.06 bits per heavy atom. The SMILES string of the molecule is Cc1nn(C)c(C)c1NS(=O)(=O)c1c(Cl)cc(-c2ccnc(NCCCn3ccnc3)c2)cc1Cl. The average molecular weight is 534 g/mol. The normalized spacial score (nSPS) is 11.6. The lowest BCUT2D eigenvalue weighted by Crippen LogP contribution is -2.15. The molecule has 0 unspecified atom stereocenters. The fourth-order valence-corrected chi connectivity index (χ4v) is 6.09. The molecule has 0 atom stereocenters. The fourth-order valence-electron chi connectivity index (χ4n) is 3.69. The van der Waals surface area contributed by atoms with Gasteiger partial charge in [-0.15, -0.1) is 0 Å².